The van der Waals surface area contributed by atoms with Crippen LogP contribution in [0.3, 0.4) is 0 Å². The van der Waals surface area contributed by atoms with Gasteiger partial charge >= 0.3 is 0 Å². The minimum Gasteiger partial charge on any atom is -0.491 e. The molecule has 0 aliphatic carbocycles. The van der Waals surface area contributed by atoms with Gasteiger partial charge in [-0.3, -0.25) is 14.2 Å². The van der Waals surface area contributed by atoms with Crippen LogP contribution in [-0.4, -0.2) is 21.9 Å². The normalized spacial score (nSPS) is 10.3. The molecule has 0 atom stereocenters. The number of Topliss-reactive ketones (excluding diaryl/α,β-unsaturated/α-hetero) is 1. The highest BCUT2D eigenvalue weighted by Gasteiger charge is 2.07. The zero-order valence-electron chi connectivity index (χ0n) is 10.9. The second-order valence-corrected chi connectivity index (χ2v) is 5.00. The Hall–Kier alpha value is -1.95. The number of rotatable bonds is 5. The second-order valence-electron chi connectivity index (χ2n) is 4.14. The van der Waals surface area contributed by atoms with Crippen molar-refractivity contribution in [3.63, 3.8) is 0 Å². The lowest BCUT2D eigenvalue weighted by molar-refractivity contribution is 0.101. The van der Waals surface area contributed by atoms with Gasteiger partial charge in [-0.1, -0.05) is 12.1 Å². The number of carbonyl (C=O) groups is 1. The van der Waals surface area contributed by atoms with Gasteiger partial charge in [-0.15, -0.1) is 0 Å². The first-order valence-electron chi connectivity index (χ1n) is 6.02. The summed E-state index contributed by atoms with van der Waals surface area (Å²) in [6, 6.07) is 7.03. The molecular formula is C14H13BrN2O3. The summed E-state index contributed by atoms with van der Waals surface area (Å²) in [6.45, 7) is 2.13. The van der Waals surface area contributed by atoms with Crippen molar-refractivity contribution in [2.24, 2.45) is 0 Å². The van der Waals surface area contributed by atoms with E-state index in [1.165, 1.54) is 24.0 Å². The Morgan fingerprint density at radius 2 is 2.15 bits per heavy atom. The van der Waals surface area contributed by atoms with Crippen molar-refractivity contribution in [2.45, 2.75) is 13.5 Å². The molecule has 0 aliphatic heterocycles. The summed E-state index contributed by atoms with van der Waals surface area (Å²) in [6.07, 6.45) is 2.90. The highest BCUT2D eigenvalue weighted by molar-refractivity contribution is 9.10. The molecule has 0 saturated heterocycles. The van der Waals surface area contributed by atoms with Crippen LogP contribution in [0.1, 0.15) is 17.3 Å². The van der Waals surface area contributed by atoms with Crippen LogP contribution in [0.5, 0.6) is 5.75 Å². The van der Waals surface area contributed by atoms with Crippen molar-refractivity contribution in [3.05, 3.63) is 57.2 Å². The molecule has 0 saturated carbocycles. The molecule has 5 nitrogen and oxygen atoms in total. The Balaban J connectivity index is 2.05. The fourth-order valence-corrected chi connectivity index (χ4v) is 2.07. The molecule has 0 aliphatic rings. The van der Waals surface area contributed by atoms with Crippen molar-refractivity contribution in [3.8, 4) is 5.75 Å². The van der Waals surface area contributed by atoms with Crippen molar-refractivity contribution in [1.29, 1.82) is 0 Å². The molecule has 0 spiro atoms. The maximum Gasteiger partial charge on any atom is 0.267 e. The van der Waals surface area contributed by atoms with Crippen LogP contribution in [0, 0.1) is 0 Å². The van der Waals surface area contributed by atoms with Crippen LogP contribution in [0.4, 0.5) is 0 Å². The molecule has 0 unspecified atom stereocenters. The molecule has 2 rings (SSSR count). The van der Waals surface area contributed by atoms with E-state index in [-0.39, 0.29) is 17.9 Å². The summed E-state index contributed by atoms with van der Waals surface area (Å²) >= 11 is 3.13. The summed E-state index contributed by atoms with van der Waals surface area (Å²) in [4.78, 5) is 27.1. The number of hydrogen-bond donors (Lipinski definition) is 0. The van der Waals surface area contributed by atoms with Crippen molar-refractivity contribution < 1.29 is 9.53 Å². The van der Waals surface area contributed by atoms with Crippen molar-refractivity contribution >= 4 is 21.7 Å². The largest absolute Gasteiger partial charge is 0.491 e. The standard InChI is InChI=1S/C14H13BrN2O3/c1-10(18)11-4-2-3-5-13(11)20-7-6-17-9-16-8-12(15)14(17)19/h2-5,8-9H,6-7H2,1H3. The van der Waals surface area contributed by atoms with Crippen LogP contribution in [0.25, 0.3) is 0 Å². The maximum absolute atomic E-state index is 11.8. The topological polar surface area (TPSA) is 61.2 Å². The van der Waals surface area contributed by atoms with Gasteiger partial charge in [0.25, 0.3) is 5.56 Å². The first-order valence-corrected chi connectivity index (χ1v) is 6.81. The third kappa shape index (κ3) is 3.33. The predicted octanol–water partition coefficient (Wildman–Crippen LogP) is 2.29. The first-order chi connectivity index (χ1) is 9.59. The van der Waals surface area contributed by atoms with E-state index < -0.39 is 0 Å². The summed E-state index contributed by atoms with van der Waals surface area (Å²) < 4.78 is 7.43. The van der Waals surface area contributed by atoms with E-state index in [0.29, 0.717) is 22.3 Å². The van der Waals surface area contributed by atoms with Crippen molar-refractivity contribution in [1.82, 2.24) is 9.55 Å². The molecule has 0 radical (unpaired) electrons. The van der Waals surface area contributed by atoms with Gasteiger partial charge in [0.1, 0.15) is 16.8 Å². The van der Waals surface area contributed by atoms with Gasteiger partial charge in [0.2, 0.25) is 0 Å². The Bertz CT molecular complexity index is 682. The van der Waals surface area contributed by atoms with E-state index in [1.54, 1.807) is 24.3 Å². The Kier molecular flexibility index (Phi) is 4.68. The number of para-hydroxylation sites is 1. The Labute approximate surface area is 124 Å². The number of ketones is 1. The van der Waals surface area contributed by atoms with Gasteiger partial charge in [-0.05, 0) is 35.0 Å². The minimum atomic E-state index is -0.163. The van der Waals surface area contributed by atoms with Gasteiger partial charge in [-0.2, -0.15) is 0 Å². The molecule has 20 heavy (non-hydrogen) atoms. The molecule has 0 fully saturated rings. The smallest absolute Gasteiger partial charge is 0.267 e. The number of hydrogen-bond acceptors (Lipinski definition) is 4. The lowest BCUT2D eigenvalue weighted by Gasteiger charge is -2.10. The van der Waals surface area contributed by atoms with E-state index in [9.17, 15) is 9.59 Å². The maximum atomic E-state index is 11.8. The molecule has 1 aromatic carbocycles. The highest BCUT2D eigenvalue weighted by atomic mass is 79.9. The number of carbonyl (C=O) groups excluding carboxylic acids is 1. The van der Waals surface area contributed by atoms with Gasteiger partial charge in [0.15, 0.2) is 5.78 Å². The van der Waals surface area contributed by atoms with E-state index in [1.807, 2.05) is 0 Å². The van der Waals surface area contributed by atoms with E-state index >= 15 is 0 Å². The summed E-state index contributed by atoms with van der Waals surface area (Å²) in [5.41, 5.74) is 0.371. The van der Waals surface area contributed by atoms with Crippen LogP contribution < -0.4 is 10.3 Å². The fourth-order valence-electron chi connectivity index (χ4n) is 1.72. The number of halogens is 1. The number of ether oxygens (including phenoxy) is 1. The molecule has 6 heteroatoms. The molecule has 1 aromatic heterocycles. The van der Waals surface area contributed by atoms with Crippen LogP contribution in [-0.2, 0) is 6.54 Å². The van der Waals surface area contributed by atoms with Crippen LogP contribution in [0.15, 0.2) is 46.1 Å². The quantitative estimate of drug-likeness (QED) is 0.786. The second kappa shape index (κ2) is 6.47. The van der Waals surface area contributed by atoms with E-state index in [4.69, 9.17) is 4.74 Å². The number of aromatic nitrogens is 2. The lowest BCUT2D eigenvalue weighted by Crippen LogP contribution is -2.23. The Morgan fingerprint density at radius 3 is 2.90 bits per heavy atom. The summed E-state index contributed by atoms with van der Waals surface area (Å²) in [5, 5.41) is 0. The molecule has 104 valence electrons. The van der Waals surface area contributed by atoms with E-state index in [0.717, 1.165) is 0 Å². The van der Waals surface area contributed by atoms with Crippen molar-refractivity contribution in [2.75, 3.05) is 6.61 Å². The Morgan fingerprint density at radius 1 is 1.40 bits per heavy atom. The fraction of sp³-hybridized carbons (Fsp3) is 0.214. The number of nitrogens with zero attached hydrogens (tertiary/aromatic N) is 2. The third-order valence-corrected chi connectivity index (χ3v) is 3.26. The zero-order valence-corrected chi connectivity index (χ0v) is 12.5. The number of benzene rings is 1. The van der Waals surface area contributed by atoms with Crippen LogP contribution in [0.2, 0.25) is 0 Å². The molecule has 0 bridgehead atoms. The highest BCUT2D eigenvalue weighted by Crippen LogP contribution is 2.18. The average molecular weight is 337 g/mol. The first kappa shape index (κ1) is 14.5. The molecule has 0 N–H and O–H groups in total. The SMILES string of the molecule is CC(=O)c1ccccc1OCCn1cncc(Br)c1=O. The van der Waals surface area contributed by atoms with Crippen LogP contribution >= 0.6 is 15.9 Å². The molecule has 0 amide bonds. The lowest BCUT2D eigenvalue weighted by atomic mass is 10.1. The molecule has 2 aromatic rings. The van der Waals surface area contributed by atoms with Gasteiger partial charge in [-0.25, -0.2) is 4.98 Å². The molecule has 1 heterocycles. The van der Waals surface area contributed by atoms with Gasteiger partial charge in [0, 0.05) is 6.20 Å². The third-order valence-electron chi connectivity index (χ3n) is 2.72. The monoisotopic (exact) mass is 336 g/mol. The molecular weight excluding hydrogens is 324 g/mol. The average Bonchev–Trinajstić information content (AvgIpc) is 2.44. The van der Waals surface area contributed by atoms with Gasteiger partial charge in [0.05, 0.1) is 18.4 Å². The minimum absolute atomic E-state index is 0.0538. The predicted molar refractivity (Wildman–Crippen MR) is 78.1 cm³/mol. The zero-order chi connectivity index (χ0) is 14.5. The van der Waals surface area contributed by atoms with E-state index in [2.05, 4.69) is 20.9 Å². The summed E-state index contributed by atoms with van der Waals surface area (Å²) in [5.74, 6) is 0.470. The summed E-state index contributed by atoms with van der Waals surface area (Å²) in [7, 11) is 0. The van der Waals surface area contributed by atoms with Gasteiger partial charge < -0.3 is 4.74 Å².